The first kappa shape index (κ1) is 26.6. The Morgan fingerprint density at radius 1 is 1.08 bits per heavy atom. The molecule has 8 heteroatoms. The zero-order chi connectivity index (χ0) is 25.9. The van der Waals surface area contributed by atoms with Gasteiger partial charge in [-0.1, -0.05) is 31.2 Å². The molecule has 2 atom stereocenters. The number of fused-ring (bicyclic) bond motifs is 3. The second-order valence-corrected chi connectivity index (χ2v) is 9.73. The maximum absolute atomic E-state index is 16.0. The maximum atomic E-state index is 16.0. The Balaban J connectivity index is 1.75. The van der Waals surface area contributed by atoms with Crippen molar-refractivity contribution in [2.75, 3.05) is 26.3 Å². The van der Waals surface area contributed by atoms with Gasteiger partial charge in [0.25, 0.3) is 5.92 Å². The number of rotatable bonds is 11. The van der Waals surface area contributed by atoms with Gasteiger partial charge >= 0.3 is 0 Å². The van der Waals surface area contributed by atoms with Gasteiger partial charge in [0, 0.05) is 34.6 Å². The fourth-order valence-corrected chi connectivity index (χ4v) is 5.22. The van der Waals surface area contributed by atoms with Crippen LogP contribution in [0.25, 0.3) is 10.9 Å². The number of nitrogens with one attached hydrogen (secondary N) is 2. The van der Waals surface area contributed by atoms with E-state index < -0.39 is 36.8 Å². The van der Waals surface area contributed by atoms with Crippen LogP contribution in [-0.2, 0) is 12.8 Å². The summed E-state index contributed by atoms with van der Waals surface area (Å²) in [5.41, 5.74) is 2.46. The molecule has 0 fully saturated rings. The van der Waals surface area contributed by atoms with Gasteiger partial charge in [-0.25, -0.2) is 17.6 Å². The first-order chi connectivity index (χ1) is 17.3. The molecule has 196 valence electrons. The molecular formula is C28H34F5N3. The normalized spacial score (nSPS) is 18.6. The minimum absolute atomic E-state index is 0.191. The van der Waals surface area contributed by atoms with Gasteiger partial charge < -0.3 is 10.3 Å². The lowest BCUT2D eigenvalue weighted by Gasteiger charge is -2.42. The van der Waals surface area contributed by atoms with Crippen LogP contribution < -0.4 is 5.32 Å². The van der Waals surface area contributed by atoms with Crippen LogP contribution in [0.3, 0.4) is 0 Å². The van der Waals surface area contributed by atoms with E-state index in [0.29, 0.717) is 50.0 Å². The molecule has 1 aromatic heterocycles. The van der Waals surface area contributed by atoms with Crippen molar-refractivity contribution in [2.24, 2.45) is 0 Å². The highest BCUT2D eigenvalue weighted by atomic mass is 19.3. The van der Waals surface area contributed by atoms with E-state index in [9.17, 15) is 13.2 Å². The number of alkyl halides is 3. The first-order valence-corrected chi connectivity index (χ1v) is 12.7. The summed E-state index contributed by atoms with van der Waals surface area (Å²) in [7, 11) is 0. The molecule has 0 aliphatic carbocycles. The second-order valence-electron chi connectivity index (χ2n) is 9.73. The summed E-state index contributed by atoms with van der Waals surface area (Å²) in [6, 6.07) is 8.92. The lowest BCUT2D eigenvalue weighted by Crippen LogP contribution is -2.48. The highest BCUT2D eigenvalue weighted by molar-refractivity contribution is 5.85. The van der Waals surface area contributed by atoms with E-state index in [4.69, 9.17) is 0 Å². The Kier molecular flexibility index (Phi) is 8.35. The topological polar surface area (TPSA) is 31.1 Å². The van der Waals surface area contributed by atoms with Gasteiger partial charge in [0.05, 0.1) is 19.3 Å². The van der Waals surface area contributed by atoms with Gasteiger partial charge in [0.2, 0.25) is 0 Å². The summed E-state index contributed by atoms with van der Waals surface area (Å²) in [6.07, 6.45) is 1.51. The zero-order valence-electron chi connectivity index (χ0n) is 20.8. The van der Waals surface area contributed by atoms with E-state index in [2.05, 4.69) is 10.3 Å². The molecule has 36 heavy (non-hydrogen) atoms. The van der Waals surface area contributed by atoms with Crippen LogP contribution in [0.4, 0.5) is 22.0 Å². The highest BCUT2D eigenvalue weighted by Gasteiger charge is 2.43. The molecule has 0 saturated heterocycles. The molecule has 2 N–H and O–H groups in total. The first-order valence-electron chi connectivity index (χ1n) is 12.7. The summed E-state index contributed by atoms with van der Waals surface area (Å²) < 4.78 is 73.0. The Hall–Kier alpha value is -2.45. The Labute approximate surface area is 209 Å². The van der Waals surface area contributed by atoms with Crippen molar-refractivity contribution in [3.8, 4) is 0 Å². The maximum Gasteiger partial charge on any atom is 0.260 e. The van der Waals surface area contributed by atoms with Gasteiger partial charge in [0.15, 0.2) is 0 Å². The molecular weight excluding hydrogens is 473 g/mol. The quantitative estimate of drug-likeness (QED) is 0.223. The van der Waals surface area contributed by atoms with E-state index in [0.717, 1.165) is 16.5 Å². The number of para-hydroxylation sites is 1. The molecule has 3 aromatic rings. The van der Waals surface area contributed by atoms with Crippen LogP contribution in [0.1, 0.15) is 61.5 Å². The van der Waals surface area contributed by atoms with Gasteiger partial charge in [-0.3, -0.25) is 9.29 Å². The molecule has 2 heterocycles. The van der Waals surface area contributed by atoms with E-state index in [1.807, 2.05) is 31.2 Å². The predicted molar refractivity (Wildman–Crippen MR) is 133 cm³/mol. The monoisotopic (exact) mass is 507 g/mol. The molecule has 4 rings (SSSR count). The van der Waals surface area contributed by atoms with Crippen LogP contribution in [0.2, 0.25) is 0 Å². The molecule has 0 spiro atoms. The summed E-state index contributed by atoms with van der Waals surface area (Å²) in [6.45, 7) is 3.39. The fourth-order valence-electron chi connectivity index (χ4n) is 5.22. The molecule has 1 aliphatic rings. The van der Waals surface area contributed by atoms with Crippen molar-refractivity contribution in [3.63, 3.8) is 0 Å². The van der Waals surface area contributed by atoms with Gasteiger partial charge in [0.1, 0.15) is 11.6 Å². The summed E-state index contributed by atoms with van der Waals surface area (Å²) >= 11 is 0. The third-order valence-corrected chi connectivity index (χ3v) is 7.22. The molecule has 1 unspecified atom stereocenters. The number of aromatic nitrogens is 1. The van der Waals surface area contributed by atoms with E-state index in [1.54, 1.807) is 4.90 Å². The molecule has 0 amide bonds. The number of H-pyrrole nitrogens is 1. The minimum Gasteiger partial charge on any atom is -0.357 e. The molecule has 0 saturated carbocycles. The van der Waals surface area contributed by atoms with Crippen LogP contribution in [0.15, 0.2) is 36.4 Å². The van der Waals surface area contributed by atoms with E-state index in [1.165, 1.54) is 19.1 Å². The molecule has 0 bridgehead atoms. The van der Waals surface area contributed by atoms with Crippen LogP contribution >= 0.6 is 0 Å². The summed E-state index contributed by atoms with van der Waals surface area (Å²) in [4.78, 5) is 4.85. The van der Waals surface area contributed by atoms with Crippen molar-refractivity contribution in [1.82, 2.24) is 15.2 Å². The number of hydrogen-bond acceptors (Lipinski definition) is 2. The van der Waals surface area contributed by atoms with Crippen molar-refractivity contribution in [1.29, 1.82) is 0 Å². The fraction of sp³-hybridized carbons (Fsp3) is 0.500. The summed E-state index contributed by atoms with van der Waals surface area (Å²) in [5.74, 6) is -4.43. The van der Waals surface area contributed by atoms with Gasteiger partial charge in [-0.2, -0.15) is 0 Å². The number of aromatic amines is 1. The van der Waals surface area contributed by atoms with Crippen LogP contribution in [-0.4, -0.2) is 48.2 Å². The van der Waals surface area contributed by atoms with Gasteiger partial charge in [-0.05, 0) is 69.0 Å². The van der Waals surface area contributed by atoms with Crippen molar-refractivity contribution in [2.45, 2.75) is 64.0 Å². The third-order valence-electron chi connectivity index (χ3n) is 7.22. The highest BCUT2D eigenvalue weighted by Crippen LogP contribution is 2.44. The van der Waals surface area contributed by atoms with Gasteiger partial charge in [-0.15, -0.1) is 0 Å². The molecule has 3 nitrogen and oxygen atoms in total. The summed E-state index contributed by atoms with van der Waals surface area (Å²) in [5, 5.41) is 4.05. The number of aryl methyl sites for hydroxylation is 1. The molecule has 0 radical (unpaired) electrons. The van der Waals surface area contributed by atoms with Crippen molar-refractivity contribution < 1.29 is 22.0 Å². The largest absolute Gasteiger partial charge is 0.357 e. The molecule has 2 aromatic carbocycles. The van der Waals surface area contributed by atoms with E-state index in [-0.39, 0.29) is 18.0 Å². The Bertz CT molecular complexity index is 1180. The zero-order valence-corrected chi connectivity index (χ0v) is 20.8. The Morgan fingerprint density at radius 3 is 2.58 bits per heavy atom. The van der Waals surface area contributed by atoms with Crippen LogP contribution in [0, 0.1) is 11.6 Å². The number of nitrogens with zero attached hydrogens (tertiary/aromatic N) is 1. The average Bonchev–Trinajstić information content (AvgIpc) is 3.22. The number of halogens is 5. The van der Waals surface area contributed by atoms with Crippen molar-refractivity contribution >= 4 is 10.9 Å². The molecule has 1 aliphatic heterocycles. The lowest BCUT2D eigenvalue weighted by atomic mass is 9.86. The predicted octanol–water partition coefficient (Wildman–Crippen LogP) is 6.71. The number of hydrogen-bond donors (Lipinski definition) is 2. The van der Waals surface area contributed by atoms with E-state index >= 15 is 8.78 Å². The number of benzene rings is 2. The average molecular weight is 508 g/mol. The lowest BCUT2D eigenvalue weighted by molar-refractivity contribution is -0.0551. The second kappa shape index (κ2) is 11.3. The third kappa shape index (κ3) is 5.44. The van der Waals surface area contributed by atoms with Crippen LogP contribution in [0.5, 0.6) is 0 Å². The van der Waals surface area contributed by atoms with Crippen molar-refractivity contribution in [3.05, 3.63) is 70.4 Å². The SMILES string of the molecule is CCC(F)(F)CN1C(c2c(F)ccc(CCCNCCCF)c2F)c2[nH]c3ccccc3c2C[C@H]1C. The Morgan fingerprint density at radius 2 is 1.83 bits per heavy atom. The smallest absolute Gasteiger partial charge is 0.260 e. The minimum atomic E-state index is -2.99. The standard InChI is InChI=1S/C28H34F5N3/c1-3-28(32,33)17-36-18(2)16-21-20-9-4-5-10-23(20)35-26(21)27(36)24-22(30)12-11-19(25(24)31)8-6-14-34-15-7-13-29/h4-5,9-12,18,27,34-35H,3,6-8,13-17H2,1-2H3/t18-,27?/m1/s1.